The van der Waals surface area contributed by atoms with Crippen LogP contribution in [-0.4, -0.2) is 23.3 Å². The fourth-order valence-electron chi connectivity index (χ4n) is 3.15. The molecule has 31 heavy (non-hydrogen) atoms. The summed E-state index contributed by atoms with van der Waals surface area (Å²) in [6.45, 7) is 17.3. The third-order valence-corrected chi connectivity index (χ3v) is 4.97. The summed E-state index contributed by atoms with van der Waals surface area (Å²) < 4.78 is 5.20. The minimum atomic E-state index is -0.649. The van der Waals surface area contributed by atoms with Crippen LogP contribution in [0, 0.1) is 11.8 Å². The molecule has 1 N–H and O–H groups in total. The van der Waals surface area contributed by atoms with Crippen molar-refractivity contribution in [2.24, 2.45) is 11.8 Å². The highest BCUT2D eigenvalue weighted by atomic mass is 16.5. The Morgan fingerprint density at radius 3 is 1.84 bits per heavy atom. The first kappa shape index (κ1) is 28.6. The highest BCUT2D eigenvalue weighted by Gasteiger charge is 2.24. The number of carbonyl (C=O) groups is 1. The lowest BCUT2D eigenvalue weighted by atomic mass is 9.91. The average Bonchev–Trinajstić information content (AvgIpc) is 2.66. The molecule has 0 spiro atoms. The van der Waals surface area contributed by atoms with E-state index in [2.05, 4.69) is 82.4 Å². The summed E-state index contributed by atoms with van der Waals surface area (Å²) in [6, 6.07) is 0. The molecule has 0 rings (SSSR count). The molecule has 4 unspecified atom stereocenters. The Hall–Kier alpha value is -2.39. The molecule has 0 bridgehead atoms. The average molecular weight is 427 g/mol. The van der Waals surface area contributed by atoms with E-state index >= 15 is 0 Å². The van der Waals surface area contributed by atoms with Crippen LogP contribution in [0.2, 0.25) is 0 Å². The van der Waals surface area contributed by atoms with Gasteiger partial charge in [0.15, 0.2) is 0 Å². The highest BCUT2D eigenvalue weighted by molar-refractivity contribution is 5.66. The van der Waals surface area contributed by atoms with E-state index in [-0.39, 0.29) is 23.9 Å². The van der Waals surface area contributed by atoms with Crippen LogP contribution >= 0.6 is 0 Å². The van der Waals surface area contributed by atoms with E-state index in [1.807, 2.05) is 33.8 Å². The van der Waals surface area contributed by atoms with Gasteiger partial charge in [-0.05, 0) is 53.0 Å². The van der Waals surface area contributed by atoms with Crippen molar-refractivity contribution >= 4 is 5.97 Å². The number of aliphatic hydroxyl groups is 1. The molecule has 0 aliphatic rings. The van der Waals surface area contributed by atoms with E-state index in [1.165, 1.54) is 18.1 Å². The van der Waals surface area contributed by atoms with Crippen LogP contribution in [0.15, 0.2) is 83.1 Å². The zero-order chi connectivity index (χ0) is 24.0. The molecule has 0 heterocycles. The lowest BCUT2D eigenvalue weighted by molar-refractivity contribution is -0.149. The van der Waals surface area contributed by atoms with Gasteiger partial charge in [-0.2, -0.15) is 0 Å². The van der Waals surface area contributed by atoms with Gasteiger partial charge < -0.3 is 9.84 Å². The summed E-state index contributed by atoms with van der Waals surface area (Å²) in [4.78, 5) is 11.1. The lowest BCUT2D eigenvalue weighted by Gasteiger charge is -2.25. The molecule has 0 fully saturated rings. The third-order valence-electron chi connectivity index (χ3n) is 4.97. The molecule has 0 saturated carbocycles. The summed E-state index contributed by atoms with van der Waals surface area (Å²) in [5.41, 5.74) is 4.44. The van der Waals surface area contributed by atoms with Gasteiger partial charge in [-0.15, -0.1) is 0 Å². The molecule has 0 saturated heterocycles. The number of carbonyl (C=O) groups excluding carboxylic acids is 1. The maximum atomic E-state index is 11.1. The van der Waals surface area contributed by atoms with Crippen LogP contribution in [-0.2, 0) is 9.53 Å². The van der Waals surface area contributed by atoms with Gasteiger partial charge >= 0.3 is 5.97 Å². The molecule has 0 aliphatic carbocycles. The molecule has 0 radical (unpaired) electrons. The van der Waals surface area contributed by atoms with E-state index in [9.17, 15) is 9.90 Å². The van der Waals surface area contributed by atoms with E-state index in [4.69, 9.17) is 4.74 Å². The first-order chi connectivity index (χ1) is 14.5. The van der Waals surface area contributed by atoms with Crippen molar-refractivity contribution in [1.29, 1.82) is 0 Å². The minimum Gasteiger partial charge on any atom is -0.462 e. The Balaban J connectivity index is 4.97. The van der Waals surface area contributed by atoms with Gasteiger partial charge in [0, 0.05) is 12.8 Å². The van der Waals surface area contributed by atoms with Gasteiger partial charge in [0.05, 0.1) is 6.10 Å². The second-order valence-electron chi connectivity index (χ2n) is 8.34. The van der Waals surface area contributed by atoms with E-state index in [1.54, 1.807) is 0 Å². The quantitative estimate of drug-likeness (QED) is 0.219. The van der Waals surface area contributed by atoms with Crippen molar-refractivity contribution in [3.05, 3.63) is 83.1 Å². The molecule has 172 valence electrons. The van der Waals surface area contributed by atoms with Crippen molar-refractivity contribution in [3.8, 4) is 0 Å². The molecular weight excluding hydrogens is 384 g/mol. The number of esters is 1. The van der Waals surface area contributed by atoms with Crippen molar-refractivity contribution in [2.75, 3.05) is 0 Å². The number of hydrogen-bond donors (Lipinski definition) is 1. The van der Waals surface area contributed by atoms with Crippen LogP contribution < -0.4 is 0 Å². The molecule has 4 atom stereocenters. The maximum Gasteiger partial charge on any atom is 0.302 e. The fourth-order valence-corrected chi connectivity index (χ4v) is 3.15. The summed E-state index contributed by atoms with van der Waals surface area (Å²) >= 11 is 0. The Kier molecular flexibility index (Phi) is 14.2. The molecule has 0 amide bonds. The molecule has 3 heteroatoms. The highest BCUT2D eigenvalue weighted by Crippen LogP contribution is 2.20. The Labute approximate surface area is 190 Å². The van der Waals surface area contributed by atoms with Crippen molar-refractivity contribution in [3.63, 3.8) is 0 Å². The summed E-state index contributed by atoms with van der Waals surface area (Å²) in [7, 11) is 0. The third kappa shape index (κ3) is 13.5. The van der Waals surface area contributed by atoms with Gasteiger partial charge in [0.2, 0.25) is 0 Å². The van der Waals surface area contributed by atoms with Gasteiger partial charge in [-0.25, -0.2) is 0 Å². The van der Waals surface area contributed by atoms with Gasteiger partial charge in [0.1, 0.15) is 6.10 Å². The van der Waals surface area contributed by atoms with E-state index < -0.39 is 6.10 Å². The second-order valence-corrected chi connectivity index (χ2v) is 8.34. The molecular formula is C28H42O3. The number of hydrogen-bond acceptors (Lipinski definition) is 3. The Morgan fingerprint density at radius 1 is 0.806 bits per heavy atom. The number of allylic oxidation sites excluding steroid dienone is 13. The Morgan fingerprint density at radius 2 is 1.32 bits per heavy atom. The van der Waals surface area contributed by atoms with Gasteiger partial charge in [0.25, 0.3) is 0 Å². The van der Waals surface area contributed by atoms with Crippen molar-refractivity contribution < 1.29 is 14.6 Å². The first-order valence-electron chi connectivity index (χ1n) is 11.0. The molecule has 0 aromatic rings. The summed E-state index contributed by atoms with van der Waals surface area (Å²) in [5.74, 6) is -0.317. The first-order valence-corrected chi connectivity index (χ1v) is 11.0. The van der Waals surface area contributed by atoms with Crippen LogP contribution in [0.4, 0.5) is 0 Å². The lowest BCUT2D eigenvalue weighted by Crippen LogP contribution is -2.31. The van der Waals surface area contributed by atoms with Crippen molar-refractivity contribution in [1.82, 2.24) is 0 Å². The maximum absolute atomic E-state index is 11.1. The van der Waals surface area contributed by atoms with Crippen molar-refractivity contribution in [2.45, 2.75) is 74.5 Å². The largest absolute Gasteiger partial charge is 0.462 e. The predicted molar refractivity (Wildman–Crippen MR) is 134 cm³/mol. The zero-order valence-electron chi connectivity index (χ0n) is 20.8. The van der Waals surface area contributed by atoms with Crippen LogP contribution in [0.5, 0.6) is 0 Å². The fraction of sp³-hybridized carbons (Fsp3) is 0.464. The number of aliphatic hydroxyl groups excluding tert-OH is 1. The number of ether oxygens (including phenoxy) is 1. The molecule has 0 aliphatic heterocycles. The normalized spacial score (nSPS) is 18.6. The van der Waals surface area contributed by atoms with E-state index in [0.29, 0.717) is 0 Å². The minimum absolute atomic E-state index is 0.171. The van der Waals surface area contributed by atoms with Crippen LogP contribution in [0.1, 0.15) is 62.3 Å². The smallest absolute Gasteiger partial charge is 0.302 e. The molecule has 0 aromatic carbocycles. The zero-order valence-corrected chi connectivity index (χ0v) is 20.8. The van der Waals surface area contributed by atoms with Crippen LogP contribution in [0.3, 0.4) is 0 Å². The SMILES string of the molecule is C\C=C/C(C)=C/C=C/C(C)=C/C=C/C(C)=C/C(C)/C=C(\C)C(O)C(C)C(C)OC(C)=O. The molecule has 0 aromatic heterocycles. The molecule has 3 nitrogen and oxygen atoms in total. The standard InChI is InChI=1S/C28H42O3/c1-10-13-20(2)14-11-15-21(3)16-12-17-22(4)18-23(5)19-24(6)28(30)25(7)26(8)31-27(9)29/h10-19,23,25-26,28,30H,1-9H3/b13-10-,15-11+,17-12+,20-14+,21-16+,22-18+,24-19+. The Bertz CT molecular complexity index is 772. The summed E-state index contributed by atoms with van der Waals surface area (Å²) in [5, 5.41) is 10.6. The monoisotopic (exact) mass is 426 g/mol. The van der Waals surface area contributed by atoms with Gasteiger partial charge in [-0.1, -0.05) is 91.3 Å². The van der Waals surface area contributed by atoms with Gasteiger partial charge in [-0.3, -0.25) is 4.79 Å². The number of rotatable bonds is 11. The summed E-state index contributed by atoms with van der Waals surface area (Å²) in [6.07, 6.45) is 19.8. The van der Waals surface area contributed by atoms with Crippen LogP contribution in [0.25, 0.3) is 0 Å². The predicted octanol–water partition coefficient (Wildman–Crippen LogP) is 7.04. The second kappa shape index (κ2) is 15.4. The van der Waals surface area contributed by atoms with E-state index in [0.717, 1.165) is 11.1 Å². The topological polar surface area (TPSA) is 46.5 Å².